The summed E-state index contributed by atoms with van der Waals surface area (Å²) >= 11 is 0. The number of carbonyl (C=O) groups is 2. The molecule has 4 nitrogen and oxygen atoms in total. The van der Waals surface area contributed by atoms with E-state index in [4.69, 9.17) is 9.47 Å². The molecule has 0 heterocycles. The van der Waals surface area contributed by atoms with Gasteiger partial charge in [-0.05, 0) is 38.5 Å². The summed E-state index contributed by atoms with van der Waals surface area (Å²) < 4.78 is 10.5. The molecule has 24 heavy (non-hydrogen) atoms. The van der Waals surface area contributed by atoms with Crippen LogP contribution < -0.4 is 0 Å². The SMILES string of the molecule is CCCCOC(=O)CCCCCCCCC(=O)OC(C)CC(C)C. The molecule has 0 fully saturated rings. The number of ether oxygens (including phenoxy) is 2. The average molecular weight is 343 g/mol. The molecule has 0 aliphatic rings. The molecule has 0 aromatic carbocycles. The third-order valence-corrected chi connectivity index (χ3v) is 3.91. The molecule has 0 radical (unpaired) electrons. The van der Waals surface area contributed by atoms with Crippen LogP contribution in [-0.2, 0) is 19.1 Å². The van der Waals surface area contributed by atoms with E-state index >= 15 is 0 Å². The fraction of sp³-hybridized carbons (Fsp3) is 0.900. The van der Waals surface area contributed by atoms with Crippen LogP contribution in [0, 0.1) is 5.92 Å². The number of rotatable bonds is 15. The van der Waals surface area contributed by atoms with Crippen LogP contribution in [0.4, 0.5) is 0 Å². The van der Waals surface area contributed by atoms with Crippen molar-refractivity contribution in [1.29, 1.82) is 0 Å². The highest BCUT2D eigenvalue weighted by Gasteiger charge is 2.10. The fourth-order valence-corrected chi connectivity index (χ4v) is 2.64. The van der Waals surface area contributed by atoms with Gasteiger partial charge in [0.15, 0.2) is 0 Å². The summed E-state index contributed by atoms with van der Waals surface area (Å²) in [4.78, 5) is 23.1. The predicted molar refractivity (Wildman–Crippen MR) is 97.8 cm³/mol. The van der Waals surface area contributed by atoms with E-state index in [9.17, 15) is 9.59 Å². The summed E-state index contributed by atoms with van der Waals surface area (Å²) in [5.74, 6) is 0.413. The molecule has 0 aromatic rings. The Kier molecular flexibility index (Phi) is 14.8. The molecule has 0 bridgehead atoms. The second-order valence-electron chi connectivity index (χ2n) is 7.13. The maximum atomic E-state index is 11.7. The molecule has 0 saturated heterocycles. The van der Waals surface area contributed by atoms with E-state index in [1.807, 2.05) is 6.92 Å². The van der Waals surface area contributed by atoms with Crippen LogP contribution in [-0.4, -0.2) is 24.6 Å². The molecule has 0 saturated carbocycles. The second kappa shape index (κ2) is 15.5. The Morgan fingerprint density at radius 3 is 1.88 bits per heavy atom. The molecule has 0 aliphatic heterocycles. The van der Waals surface area contributed by atoms with E-state index < -0.39 is 0 Å². The third-order valence-electron chi connectivity index (χ3n) is 3.91. The Morgan fingerprint density at radius 2 is 1.33 bits per heavy atom. The summed E-state index contributed by atoms with van der Waals surface area (Å²) in [6.07, 6.45) is 10.1. The lowest BCUT2D eigenvalue weighted by Crippen LogP contribution is -2.16. The van der Waals surface area contributed by atoms with Crippen LogP contribution in [0.25, 0.3) is 0 Å². The molecule has 4 heteroatoms. The number of hydrogen-bond donors (Lipinski definition) is 0. The third kappa shape index (κ3) is 15.8. The van der Waals surface area contributed by atoms with Crippen molar-refractivity contribution in [3.63, 3.8) is 0 Å². The minimum absolute atomic E-state index is 0.0228. The van der Waals surface area contributed by atoms with E-state index in [1.165, 1.54) is 0 Å². The highest BCUT2D eigenvalue weighted by Crippen LogP contribution is 2.12. The van der Waals surface area contributed by atoms with Crippen molar-refractivity contribution in [2.45, 2.75) is 104 Å². The maximum Gasteiger partial charge on any atom is 0.306 e. The molecule has 0 spiro atoms. The summed E-state index contributed by atoms with van der Waals surface area (Å²) in [6.45, 7) is 8.87. The van der Waals surface area contributed by atoms with Crippen molar-refractivity contribution in [3.8, 4) is 0 Å². The number of unbranched alkanes of at least 4 members (excludes halogenated alkanes) is 6. The summed E-state index contributed by atoms with van der Waals surface area (Å²) in [6, 6.07) is 0. The van der Waals surface area contributed by atoms with Crippen LogP contribution >= 0.6 is 0 Å². The van der Waals surface area contributed by atoms with Crippen LogP contribution in [0.3, 0.4) is 0 Å². The highest BCUT2D eigenvalue weighted by atomic mass is 16.5. The van der Waals surface area contributed by atoms with Crippen LogP contribution in [0.15, 0.2) is 0 Å². The Balaban J connectivity index is 3.38. The maximum absolute atomic E-state index is 11.7. The molecule has 142 valence electrons. The largest absolute Gasteiger partial charge is 0.466 e. The number of carbonyl (C=O) groups excluding carboxylic acids is 2. The van der Waals surface area contributed by atoms with E-state index in [0.717, 1.165) is 57.8 Å². The Morgan fingerprint density at radius 1 is 0.792 bits per heavy atom. The van der Waals surface area contributed by atoms with Gasteiger partial charge in [-0.1, -0.05) is 52.9 Å². The number of hydrogen-bond acceptors (Lipinski definition) is 4. The first-order valence-corrected chi connectivity index (χ1v) is 9.80. The minimum atomic E-state index is -0.0713. The molecular formula is C20H38O4. The van der Waals surface area contributed by atoms with Gasteiger partial charge in [-0.2, -0.15) is 0 Å². The quantitative estimate of drug-likeness (QED) is 0.294. The zero-order chi connectivity index (χ0) is 18.2. The summed E-state index contributed by atoms with van der Waals surface area (Å²) in [7, 11) is 0. The molecule has 0 N–H and O–H groups in total. The fourth-order valence-electron chi connectivity index (χ4n) is 2.64. The zero-order valence-electron chi connectivity index (χ0n) is 16.3. The van der Waals surface area contributed by atoms with Gasteiger partial charge in [0.25, 0.3) is 0 Å². The lowest BCUT2D eigenvalue weighted by atomic mass is 10.1. The zero-order valence-corrected chi connectivity index (χ0v) is 16.3. The smallest absolute Gasteiger partial charge is 0.306 e. The first kappa shape index (κ1) is 22.9. The standard InChI is InChI=1S/C20H38O4/c1-5-6-15-23-19(21)13-11-9-7-8-10-12-14-20(22)24-18(4)16-17(2)3/h17-18H,5-16H2,1-4H3. The van der Waals surface area contributed by atoms with Crippen LogP contribution in [0.2, 0.25) is 0 Å². The van der Waals surface area contributed by atoms with Crippen molar-refractivity contribution >= 4 is 11.9 Å². The van der Waals surface area contributed by atoms with Gasteiger partial charge in [-0.25, -0.2) is 0 Å². The lowest BCUT2D eigenvalue weighted by molar-refractivity contribution is -0.149. The van der Waals surface area contributed by atoms with E-state index in [2.05, 4.69) is 20.8 Å². The lowest BCUT2D eigenvalue weighted by Gasteiger charge is -2.15. The Bertz CT molecular complexity index is 326. The minimum Gasteiger partial charge on any atom is -0.466 e. The highest BCUT2D eigenvalue weighted by molar-refractivity contribution is 5.69. The van der Waals surface area contributed by atoms with Crippen molar-refractivity contribution in [1.82, 2.24) is 0 Å². The van der Waals surface area contributed by atoms with Crippen molar-refractivity contribution in [2.24, 2.45) is 5.92 Å². The molecule has 0 aliphatic carbocycles. The predicted octanol–water partition coefficient (Wildman–Crippen LogP) is 5.43. The van der Waals surface area contributed by atoms with Crippen LogP contribution in [0.1, 0.15) is 98.3 Å². The van der Waals surface area contributed by atoms with E-state index in [-0.39, 0.29) is 18.0 Å². The normalized spacial score (nSPS) is 12.2. The second-order valence-corrected chi connectivity index (χ2v) is 7.13. The molecule has 0 amide bonds. The van der Waals surface area contributed by atoms with Crippen molar-refractivity contribution in [2.75, 3.05) is 6.61 Å². The number of esters is 2. The monoisotopic (exact) mass is 342 g/mol. The van der Waals surface area contributed by atoms with E-state index in [0.29, 0.717) is 25.4 Å². The van der Waals surface area contributed by atoms with Crippen LogP contribution in [0.5, 0.6) is 0 Å². The summed E-state index contributed by atoms with van der Waals surface area (Å²) in [5.41, 5.74) is 0. The average Bonchev–Trinajstić information content (AvgIpc) is 2.49. The first-order chi connectivity index (χ1) is 11.5. The first-order valence-electron chi connectivity index (χ1n) is 9.80. The molecule has 0 rings (SSSR count). The van der Waals surface area contributed by atoms with Gasteiger partial charge in [0.1, 0.15) is 0 Å². The molecule has 0 aromatic heterocycles. The molecule has 1 atom stereocenters. The van der Waals surface area contributed by atoms with Gasteiger partial charge >= 0.3 is 11.9 Å². The van der Waals surface area contributed by atoms with Crippen molar-refractivity contribution in [3.05, 3.63) is 0 Å². The van der Waals surface area contributed by atoms with Gasteiger partial charge in [0.05, 0.1) is 12.7 Å². The topological polar surface area (TPSA) is 52.6 Å². The Labute approximate surface area is 148 Å². The van der Waals surface area contributed by atoms with Gasteiger partial charge in [0, 0.05) is 12.8 Å². The van der Waals surface area contributed by atoms with Crippen molar-refractivity contribution < 1.29 is 19.1 Å². The molecular weight excluding hydrogens is 304 g/mol. The summed E-state index contributed by atoms with van der Waals surface area (Å²) in [5, 5.41) is 0. The Hall–Kier alpha value is -1.06. The van der Waals surface area contributed by atoms with Gasteiger partial charge < -0.3 is 9.47 Å². The molecule has 1 unspecified atom stereocenters. The van der Waals surface area contributed by atoms with Gasteiger partial charge in [-0.15, -0.1) is 0 Å². The van der Waals surface area contributed by atoms with Gasteiger partial charge in [0.2, 0.25) is 0 Å². The van der Waals surface area contributed by atoms with Gasteiger partial charge in [-0.3, -0.25) is 9.59 Å². The van der Waals surface area contributed by atoms with E-state index in [1.54, 1.807) is 0 Å².